The van der Waals surface area contributed by atoms with Crippen LogP contribution in [0.5, 0.6) is 0 Å². The Hall–Kier alpha value is -3.84. The molecule has 4 aromatic carbocycles. The third kappa shape index (κ3) is 44.4. The van der Waals surface area contributed by atoms with E-state index in [9.17, 15) is 19.2 Å². The molecule has 0 spiro atoms. The largest absolute Gasteiger partial charge is 0.403 e. The van der Waals surface area contributed by atoms with Crippen molar-refractivity contribution in [3.63, 3.8) is 0 Å². The molecule has 18 nitrogen and oxygen atoms in total. The van der Waals surface area contributed by atoms with Gasteiger partial charge in [0.15, 0.2) is 0 Å². The standard InChI is InChI=1S/C16H20N4O2P2.C14H16N2.C4HN3O3.C3H2N2O2.CHI3.2CH3I.2CH4/c21-15(19-23)17-13-7-3-11(4-8-13)1-2-12-5-9-14(10-6-12)18-16(22)20-24;15-13-7-3-11(4-8-13)1-2-12-5-9-14(16)10-6-12;5-1-9-4(7-3-8)10-2-6;4-1-7-3-5-2-6;2-1(3)4;2*1-2;;/h3-10H,1-2,23-24H2,(H2,17,19,21)(H2,18,20,22);3-10H,1-2,15-16H2;4H;3H2;1H;2*1H3;2*1H4. The Morgan fingerprint density at radius 2 is 0.896 bits per heavy atom. The zero-order valence-electron chi connectivity index (χ0n) is 34.7. The number of anilines is 4. The summed E-state index contributed by atoms with van der Waals surface area (Å²) in [6, 6.07) is 31.0. The van der Waals surface area contributed by atoms with Gasteiger partial charge in [0.05, 0.1) is 0 Å². The second-order valence-corrected chi connectivity index (χ2v) is 22.3. The fraction of sp³-hybridized carbons (Fsp3) is 0.262. The van der Waals surface area contributed by atoms with Crippen molar-refractivity contribution in [1.82, 2.24) is 10.2 Å². The first-order valence-corrected chi connectivity index (χ1v) is 26.9. The molecule has 8 N–H and O–H groups in total. The molecular weight excluding hydrogens is 1470 g/mol. The molecule has 2 unspecified atom stereocenters. The third-order valence-corrected chi connectivity index (χ3v) is 7.30. The van der Waals surface area contributed by atoms with Crippen LogP contribution in [0.3, 0.4) is 0 Å². The predicted octanol–water partition coefficient (Wildman–Crippen LogP) is 11.3. The number of nitrogens with two attached hydrogens (primary N) is 2. The van der Waals surface area contributed by atoms with Gasteiger partial charge in [-0.1, -0.05) is 176 Å². The summed E-state index contributed by atoms with van der Waals surface area (Å²) in [5.74, 6) is 0. The fourth-order valence-corrected chi connectivity index (χ4v) is 4.23. The summed E-state index contributed by atoms with van der Waals surface area (Å²) in [5, 5.41) is 33.6. The van der Waals surface area contributed by atoms with E-state index in [1.807, 2.05) is 82.7 Å². The maximum atomic E-state index is 11.2. The molecule has 25 heteroatoms. The minimum atomic E-state index is -1.49. The number of ether oxygens (including phenoxy) is 3. The summed E-state index contributed by atoms with van der Waals surface area (Å²) >= 11 is 11.2. The van der Waals surface area contributed by atoms with Gasteiger partial charge < -0.3 is 46.5 Å². The van der Waals surface area contributed by atoms with Crippen molar-refractivity contribution < 1.29 is 33.4 Å². The molecule has 0 saturated heterocycles. The van der Waals surface area contributed by atoms with Crippen LogP contribution in [-0.2, 0) is 49.5 Å². The van der Waals surface area contributed by atoms with Crippen LogP contribution in [0, 0.1) is 34.6 Å². The van der Waals surface area contributed by atoms with E-state index in [4.69, 9.17) is 27.3 Å². The smallest absolute Gasteiger partial charge is 0.375 e. The number of rotatable bonds is 13. The fourth-order valence-electron chi connectivity index (χ4n) is 4.09. The van der Waals surface area contributed by atoms with Gasteiger partial charge in [-0.05, 0) is 125 Å². The van der Waals surface area contributed by atoms with Crippen LogP contribution in [0.4, 0.5) is 32.3 Å². The Morgan fingerprint density at radius 3 is 1.13 bits per heavy atom. The minimum absolute atomic E-state index is 0. The van der Waals surface area contributed by atoms with E-state index >= 15 is 0 Å². The van der Waals surface area contributed by atoms with Crippen molar-refractivity contribution >= 4 is 179 Å². The molecule has 0 aliphatic heterocycles. The average molecular weight is 1520 g/mol. The second kappa shape index (κ2) is 51.5. The average Bonchev–Trinajstić information content (AvgIpc) is 3.32. The van der Waals surface area contributed by atoms with Crippen molar-refractivity contribution in [1.29, 1.82) is 15.8 Å². The van der Waals surface area contributed by atoms with Crippen LogP contribution in [0.15, 0.2) is 107 Å². The first kappa shape index (κ1) is 72.1. The van der Waals surface area contributed by atoms with E-state index < -0.39 is 6.41 Å². The lowest BCUT2D eigenvalue weighted by Crippen LogP contribution is -2.19. The Morgan fingerprint density at radius 1 is 0.597 bits per heavy atom. The van der Waals surface area contributed by atoms with Crippen molar-refractivity contribution in [3.05, 3.63) is 119 Å². The molecule has 0 aliphatic rings. The third-order valence-electron chi connectivity index (χ3n) is 6.77. The number of aryl methyl sites for hydroxylation is 4. The van der Waals surface area contributed by atoms with Crippen LogP contribution in [0.1, 0.15) is 37.1 Å². The minimum Gasteiger partial charge on any atom is -0.403 e. The van der Waals surface area contributed by atoms with Crippen molar-refractivity contribution in [2.24, 2.45) is 9.98 Å². The maximum Gasteiger partial charge on any atom is 0.375 e. The van der Waals surface area contributed by atoms with Crippen LogP contribution < -0.4 is 32.3 Å². The number of benzene rings is 4. The van der Waals surface area contributed by atoms with Crippen LogP contribution in [-0.4, -0.2) is 47.2 Å². The number of nitrogens with zero attached hydrogens (tertiary/aromatic N) is 5. The van der Waals surface area contributed by atoms with Crippen LogP contribution >= 0.6 is 132 Å². The number of alkyl halides is 5. The normalized spacial score (nSPS) is 8.30. The van der Waals surface area contributed by atoms with Gasteiger partial charge in [0.25, 0.3) is 18.8 Å². The number of nitriles is 3. The summed E-state index contributed by atoms with van der Waals surface area (Å²) < 4.78 is 12.6. The molecule has 0 saturated carbocycles. The van der Waals surface area contributed by atoms with E-state index in [0.29, 0.717) is 0 Å². The summed E-state index contributed by atoms with van der Waals surface area (Å²) in [6.07, 6.45) is 8.34. The van der Waals surface area contributed by atoms with E-state index in [0.717, 1.165) is 54.5 Å². The lowest BCUT2D eigenvalue weighted by Gasteiger charge is -2.07. The second-order valence-electron chi connectivity index (χ2n) is 10.9. The molecule has 0 aromatic heterocycles. The summed E-state index contributed by atoms with van der Waals surface area (Å²) in [5.41, 5.74) is 19.4. The Kier molecular flexibility index (Phi) is 55.5. The number of nitrogen functional groups attached to an aromatic ring is 2. The van der Waals surface area contributed by atoms with Gasteiger partial charge >= 0.3 is 18.5 Å². The highest BCUT2D eigenvalue weighted by Gasteiger charge is 2.05. The van der Waals surface area contributed by atoms with Crippen LogP contribution in [0.2, 0.25) is 0 Å². The molecule has 364 valence electrons. The molecule has 4 aromatic rings. The van der Waals surface area contributed by atoms with Crippen molar-refractivity contribution in [2.75, 3.05) is 38.7 Å². The van der Waals surface area contributed by atoms with Crippen LogP contribution in [0.25, 0.3) is 0 Å². The number of isocyanates is 2. The van der Waals surface area contributed by atoms with Crippen molar-refractivity contribution in [2.45, 2.75) is 46.9 Å². The first-order valence-electron chi connectivity index (χ1n) is 17.6. The first-order chi connectivity index (χ1) is 31.3. The Bertz CT molecular complexity index is 1980. The highest BCUT2D eigenvalue weighted by atomic mass is 127. The molecule has 0 aliphatic carbocycles. The molecule has 0 heterocycles. The molecule has 0 fully saturated rings. The van der Waals surface area contributed by atoms with Gasteiger partial charge in [-0.2, -0.15) is 20.8 Å². The zero-order chi connectivity index (χ0) is 49.7. The molecular formula is C42H54I5N11O7P2. The summed E-state index contributed by atoms with van der Waals surface area (Å²) in [4.78, 5) is 50.8. The lowest BCUT2D eigenvalue weighted by molar-refractivity contribution is -0.0355. The van der Waals surface area contributed by atoms with E-state index in [2.05, 4.69) is 201 Å². The number of nitrogens with one attached hydrogen (secondary N) is 4. The van der Waals surface area contributed by atoms with Gasteiger partial charge in [-0.3, -0.25) is 0 Å². The van der Waals surface area contributed by atoms with Gasteiger partial charge in [-0.15, -0.1) is 4.99 Å². The van der Waals surface area contributed by atoms with Gasteiger partial charge in [0, 0.05) is 22.7 Å². The number of amides is 4. The lowest BCUT2D eigenvalue weighted by atomic mass is 10.0. The molecule has 4 rings (SSSR count). The number of halogens is 5. The van der Waals surface area contributed by atoms with E-state index in [-0.39, 0.29) is 33.6 Å². The van der Waals surface area contributed by atoms with Gasteiger partial charge in [0.1, 0.15) is -0.0619 Å². The maximum absolute atomic E-state index is 11.2. The van der Waals surface area contributed by atoms with E-state index in [1.165, 1.54) is 47.1 Å². The Balaban J connectivity index is -0.000000259. The molecule has 0 radical (unpaired) electrons. The SMILES string of the molecule is C.C.CI.CI.IC(I)I.N#COC(N=C=O)OC#N.N#COCN=C=O.Nc1ccc(CCc2ccc(N)cc2)cc1.O=C(NP)Nc1ccc(CCc2ccc(NC(=O)NP)cc2)cc1. The molecule has 0 bridgehead atoms. The number of carbonyl (C=O) groups excluding carboxylic acids is 4. The Labute approximate surface area is 466 Å². The number of urea groups is 2. The molecule has 67 heavy (non-hydrogen) atoms. The predicted molar refractivity (Wildman–Crippen MR) is 317 cm³/mol. The quantitative estimate of drug-likeness (QED) is 0.00838. The number of aliphatic imine (C=N–C) groups is 2. The monoisotopic (exact) mass is 1520 g/mol. The summed E-state index contributed by atoms with van der Waals surface area (Å²) in [7, 11) is 4.31. The molecule has 2 atom stereocenters. The van der Waals surface area contributed by atoms with Crippen molar-refractivity contribution in [3.8, 4) is 18.8 Å². The van der Waals surface area contributed by atoms with E-state index in [1.54, 1.807) is 0 Å². The zero-order valence-corrected chi connectivity index (χ0v) is 47.8. The topological polar surface area (TPSA) is 292 Å². The summed E-state index contributed by atoms with van der Waals surface area (Å²) in [6.45, 7) is -0.222. The number of hydrogen-bond acceptors (Lipinski definition) is 14. The highest BCUT2D eigenvalue weighted by Crippen LogP contribution is 2.17. The number of hydrogen-bond donors (Lipinski definition) is 6. The van der Waals surface area contributed by atoms with Gasteiger partial charge in [-0.25, -0.2) is 19.2 Å². The highest BCUT2D eigenvalue weighted by molar-refractivity contribution is 14.3. The molecule has 4 amide bonds. The number of carbonyl (C=O) groups is 2. The van der Waals surface area contributed by atoms with Gasteiger partial charge in [0.2, 0.25) is 18.9 Å².